The Kier molecular flexibility index (Phi) is 3.02. The zero-order valence-electron chi connectivity index (χ0n) is 6.85. The molecule has 0 saturated carbocycles. The molecule has 0 unspecified atom stereocenters. The monoisotopic (exact) mass is 223 g/mol. The van der Waals surface area contributed by atoms with E-state index in [9.17, 15) is 17.2 Å². The van der Waals surface area contributed by atoms with Crippen LogP contribution in [0.5, 0.6) is 5.75 Å². The zero-order chi connectivity index (χ0) is 10.8. The van der Waals surface area contributed by atoms with Crippen LogP contribution in [0.25, 0.3) is 0 Å². The van der Waals surface area contributed by atoms with Crippen molar-refractivity contribution in [2.75, 3.05) is 0 Å². The summed E-state index contributed by atoms with van der Waals surface area (Å²) in [7, 11) is -4.53. The predicted octanol–water partition coefficient (Wildman–Crippen LogP) is 0.935. The Morgan fingerprint density at radius 2 is 1.71 bits per heavy atom. The molecule has 0 radical (unpaired) electrons. The normalized spacial score (nSPS) is 11.7. The molecule has 0 atom stereocenters. The van der Waals surface area contributed by atoms with Crippen molar-refractivity contribution in [3.63, 3.8) is 0 Å². The highest BCUT2D eigenvalue weighted by Gasteiger charge is 2.26. The fraction of sp³-hybridized carbons (Fsp3) is 0.143. The van der Waals surface area contributed by atoms with Crippen molar-refractivity contribution in [2.45, 2.75) is 10.7 Å². The molecular weight excluding hydrogens is 216 g/mol. The molecule has 0 fully saturated rings. The third-order valence-corrected chi connectivity index (χ3v) is 2.92. The molecule has 0 amide bonds. The van der Waals surface area contributed by atoms with Crippen molar-refractivity contribution < 1.29 is 22.0 Å². The second kappa shape index (κ2) is 3.89. The van der Waals surface area contributed by atoms with E-state index < -0.39 is 20.5 Å². The number of sulfone groups is 1. The molecule has 0 heterocycles. The minimum Gasteiger partial charge on any atom is -0.412 e. The second-order valence-corrected chi connectivity index (χ2v) is 4.31. The van der Waals surface area contributed by atoms with E-state index >= 15 is 0 Å². The number of nitrogens with two attached hydrogens (primary N) is 1. The highest BCUT2D eigenvalue weighted by molar-refractivity contribution is 7.91. The summed E-state index contributed by atoms with van der Waals surface area (Å²) >= 11 is 0. The maximum atomic E-state index is 12.0. The predicted molar refractivity (Wildman–Crippen MR) is 44.4 cm³/mol. The molecule has 0 aliphatic rings. The standard InChI is InChI=1S/C7H7F2NO3S/c8-7(9)14(11,12)6-3-1-5(13-10)2-4-6/h1-4,7H,10H2. The number of hydrogen-bond acceptors (Lipinski definition) is 4. The van der Waals surface area contributed by atoms with Gasteiger partial charge in [-0.3, -0.25) is 0 Å². The molecule has 1 rings (SSSR count). The van der Waals surface area contributed by atoms with Crippen LogP contribution in [0.2, 0.25) is 0 Å². The Labute approximate surface area is 79.2 Å². The molecule has 2 N–H and O–H groups in total. The number of hydrogen-bond donors (Lipinski definition) is 1. The van der Waals surface area contributed by atoms with Gasteiger partial charge in [-0.2, -0.15) is 14.7 Å². The summed E-state index contributed by atoms with van der Waals surface area (Å²) in [5, 5.41) is 0. The molecule has 0 spiro atoms. The van der Waals surface area contributed by atoms with Crippen molar-refractivity contribution in [3.8, 4) is 5.75 Å². The Balaban J connectivity index is 3.10. The van der Waals surface area contributed by atoms with Gasteiger partial charge < -0.3 is 4.84 Å². The Morgan fingerprint density at radius 3 is 2.07 bits per heavy atom. The fourth-order valence-electron chi connectivity index (χ4n) is 0.811. The van der Waals surface area contributed by atoms with Gasteiger partial charge in [-0.1, -0.05) is 0 Å². The lowest BCUT2D eigenvalue weighted by Gasteiger charge is -2.03. The van der Waals surface area contributed by atoms with Gasteiger partial charge in [0.2, 0.25) is 9.84 Å². The smallest absolute Gasteiger partial charge is 0.341 e. The van der Waals surface area contributed by atoms with Crippen LogP contribution >= 0.6 is 0 Å². The SMILES string of the molecule is NOc1ccc(S(=O)(=O)C(F)F)cc1. The second-order valence-electron chi connectivity index (χ2n) is 2.39. The van der Waals surface area contributed by atoms with Crippen LogP contribution in [0.4, 0.5) is 8.78 Å². The number of benzene rings is 1. The van der Waals surface area contributed by atoms with Gasteiger partial charge >= 0.3 is 5.76 Å². The van der Waals surface area contributed by atoms with Gasteiger partial charge in [0, 0.05) is 0 Å². The van der Waals surface area contributed by atoms with Crippen molar-refractivity contribution in [3.05, 3.63) is 24.3 Å². The summed E-state index contributed by atoms with van der Waals surface area (Å²) in [4.78, 5) is 3.80. The molecule has 0 aliphatic carbocycles. The first-order valence-electron chi connectivity index (χ1n) is 3.47. The highest BCUT2D eigenvalue weighted by Crippen LogP contribution is 2.20. The lowest BCUT2D eigenvalue weighted by atomic mass is 10.3. The van der Waals surface area contributed by atoms with E-state index in [1.807, 2.05) is 0 Å². The average molecular weight is 223 g/mol. The van der Waals surface area contributed by atoms with Gasteiger partial charge in [0.05, 0.1) is 4.90 Å². The fourth-order valence-corrected chi connectivity index (χ4v) is 1.53. The van der Waals surface area contributed by atoms with Crippen LogP contribution in [-0.4, -0.2) is 14.2 Å². The van der Waals surface area contributed by atoms with Crippen LogP contribution in [-0.2, 0) is 9.84 Å². The molecule has 14 heavy (non-hydrogen) atoms. The first-order chi connectivity index (χ1) is 6.48. The van der Waals surface area contributed by atoms with E-state index in [0.717, 1.165) is 12.1 Å². The quantitative estimate of drug-likeness (QED) is 0.774. The van der Waals surface area contributed by atoms with E-state index in [1.165, 1.54) is 12.1 Å². The molecule has 7 heteroatoms. The third kappa shape index (κ3) is 1.99. The van der Waals surface area contributed by atoms with Gasteiger partial charge in [-0.15, -0.1) is 0 Å². The van der Waals surface area contributed by atoms with Gasteiger partial charge in [0.1, 0.15) is 5.75 Å². The third-order valence-electron chi connectivity index (χ3n) is 1.52. The molecule has 0 aliphatic heterocycles. The van der Waals surface area contributed by atoms with Gasteiger partial charge in [0.15, 0.2) is 0 Å². The molecular formula is C7H7F2NO3S. The van der Waals surface area contributed by atoms with Gasteiger partial charge in [0.25, 0.3) is 0 Å². The average Bonchev–Trinajstić information content (AvgIpc) is 2.17. The van der Waals surface area contributed by atoms with Gasteiger partial charge in [-0.05, 0) is 24.3 Å². The van der Waals surface area contributed by atoms with Crippen molar-refractivity contribution in [1.29, 1.82) is 0 Å². The Hall–Kier alpha value is -1.21. The lowest BCUT2D eigenvalue weighted by Crippen LogP contribution is -2.11. The molecule has 0 bridgehead atoms. The van der Waals surface area contributed by atoms with E-state index in [4.69, 9.17) is 5.90 Å². The summed E-state index contributed by atoms with van der Waals surface area (Å²) in [6, 6.07) is 4.39. The van der Waals surface area contributed by atoms with E-state index in [1.54, 1.807) is 0 Å². The lowest BCUT2D eigenvalue weighted by molar-refractivity contribution is 0.234. The number of rotatable bonds is 3. The van der Waals surface area contributed by atoms with E-state index in [0.29, 0.717) is 0 Å². The molecule has 78 valence electrons. The molecule has 1 aromatic carbocycles. The molecule has 1 aromatic rings. The zero-order valence-corrected chi connectivity index (χ0v) is 7.67. The minimum absolute atomic E-state index is 0.193. The van der Waals surface area contributed by atoms with Crippen LogP contribution in [0.15, 0.2) is 29.2 Å². The molecule has 4 nitrogen and oxygen atoms in total. The maximum absolute atomic E-state index is 12.0. The summed E-state index contributed by atoms with van der Waals surface area (Å²) in [5.74, 6) is 1.54. The van der Waals surface area contributed by atoms with E-state index in [-0.39, 0.29) is 5.75 Å². The van der Waals surface area contributed by atoms with Crippen LogP contribution in [0, 0.1) is 0 Å². The van der Waals surface area contributed by atoms with Crippen molar-refractivity contribution in [2.24, 2.45) is 5.90 Å². The molecule has 0 aromatic heterocycles. The number of alkyl halides is 2. The van der Waals surface area contributed by atoms with Gasteiger partial charge in [-0.25, -0.2) is 8.42 Å². The minimum atomic E-state index is -4.53. The summed E-state index contributed by atoms with van der Waals surface area (Å²) < 4.78 is 45.9. The maximum Gasteiger partial charge on any atom is 0.341 e. The number of halogens is 2. The molecule has 0 saturated heterocycles. The van der Waals surface area contributed by atoms with E-state index in [2.05, 4.69) is 4.84 Å². The first-order valence-corrected chi connectivity index (χ1v) is 5.02. The Bertz CT molecular complexity index is 401. The summed E-state index contributed by atoms with van der Waals surface area (Å²) in [5.41, 5.74) is 0. The Morgan fingerprint density at radius 1 is 1.21 bits per heavy atom. The van der Waals surface area contributed by atoms with Crippen molar-refractivity contribution >= 4 is 9.84 Å². The summed E-state index contributed by atoms with van der Waals surface area (Å²) in [6.07, 6.45) is 0. The topological polar surface area (TPSA) is 69.4 Å². The summed E-state index contributed by atoms with van der Waals surface area (Å²) in [6.45, 7) is 0. The van der Waals surface area contributed by atoms with Crippen LogP contribution in [0.1, 0.15) is 0 Å². The largest absolute Gasteiger partial charge is 0.412 e. The van der Waals surface area contributed by atoms with Crippen LogP contribution in [0.3, 0.4) is 0 Å². The first kappa shape index (κ1) is 10.9. The van der Waals surface area contributed by atoms with Crippen LogP contribution < -0.4 is 10.7 Å². The van der Waals surface area contributed by atoms with Crippen molar-refractivity contribution in [1.82, 2.24) is 0 Å². The highest BCUT2D eigenvalue weighted by atomic mass is 32.2.